The number of nitrogens with zero attached hydrogens (tertiary/aromatic N) is 2. The average molecular weight is 801 g/mol. The number of aromatic amines is 1. The maximum absolute atomic E-state index is 15.4. The molecule has 1 aromatic heterocycles. The van der Waals surface area contributed by atoms with Gasteiger partial charge in [-0.2, -0.15) is 0 Å². The second-order valence-corrected chi connectivity index (χ2v) is 21.2. The van der Waals surface area contributed by atoms with Crippen LogP contribution >= 0.6 is 0 Å². The van der Waals surface area contributed by atoms with E-state index in [-0.39, 0.29) is 61.2 Å². The molecule has 302 valence electrons. The van der Waals surface area contributed by atoms with Crippen LogP contribution in [-0.2, 0) is 37.7 Å². The summed E-state index contributed by atoms with van der Waals surface area (Å²) in [7, 11) is 0.748. The number of benzene rings is 4. The number of anilines is 2. The van der Waals surface area contributed by atoms with Gasteiger partial charge in [-0.25, -0.2) is 0 Å². The molecule has 11 nitrogen and oxygen atoms in total. The number of aromatic nitrogens is 1. The third-order valence-corrected chi connectivity index (χ3v) is 17.3. The first kappa shape index (κ1) is 39.4. The number of hydrogen-bond donors (Lipinski definition) is 3. The minimum atomic E-state index is -2.51. The Morgan fingerprint density at radius 1 is 0.983 bits per heavy atom. The van der Waals surface area contributed by atoms with E-state index in [1.807, 2.05) is 85.1 Å². The smallest absolute Gasteiger partial charge is 0.264 e. The lowest BCUT2D eigenvalue weighted by Gasteiger charge is -2.37. The Kier molecular flexibility index (Phi) is 10.7. The highest BCUT2D eigenvalue weighted by molar-refractivity contribution is 6.91. The lowest BCUT2D eigenvalue weighted by molar-refractivity contribution is -0.150. The molecule has 58 heavy (non-hydrogen) atoms. The van der Waals surface area contributed by atoms with E-state index in [1.54, 1.807) is 24.0 Å². The summed E-state index contributed by atoms with van der Waals surface area (Å²) >= 11 is 0. The van der Waals surface area contributed by atoms with E-state index < -0.39 is 19.8 Å². The van der Waals surface area contributed by atoms with Gasteiger partial charge in [0.15, 0.2) is 5.60 Å². The molecule has 5 aromatic rings. The van der Waals surface area contributed by atoms with E-state index in [4.69, 9.17) is 14.2 Å². The quantitative estimate of drug-likeness (QED) is 0.123. The van der Waals surface area contributed by atoms with Gasteiger partial charge in [-0.1, -0.05) is 67.7 Å². The molecule has 3 aliphatic heterocycles. The Morgan fingerprint density at radius 3 is 2.50 bits per heavy atom. The fraction of sp³-hybridized carbons (Fsp3) is 0.370. The fourth-order valence-electron chi connectivity index (χ4n) is 10.0. The van der Waals surface area contributed by atoms with Crippen molar-refractivity contribution in [1.82, 2.24) is 9.88 Å². The summed E-state index contributed by atoms with van der Waals surface area (Å²) in [5.74, 6) is 0.655. The summed E-state index contributed by atoms with van der Waals surface area (Å²) in [5.41, 5.74) is 3.29. The maximum atomic E-state index is 15.4. The normalized spacial score (nSPS) is 22.8. The van der Waals surface area contributed by atoms with Crippen molar-refractivity contribution >= 4 is 53.3 Å². The zero-order chi connectivity index (χ0) is 40.8. The third kappa shape index (κ3) is 6.86. The second kappa shape index (κ2) is 15.7. The number of aliphatic hydroxyl groups is 1. The van der Waals surface area contributed by atoms with Crippen molar-refractivity contribution in [3.8, 4) is 11.5 Å². The molecule has 0 aliphatic carbocycles. The predicted octanol–water partition coefficient (Wildman–Crippen LogP) is 6.50. The zero-order valence-corrected chi connectivity index (χ0v) is 34.8. The third-order valence-electron chi connectivity index (χ3n) is 12.9. The molecule has 0 saturated carbocycles. The monoisotopic (exact) mass is 800 g/mol. The molecule has 3 N–H and O–H groups in total. The molecule has 3 amide bonds. The van der Waals surface area contributed by atoms with Gasteiger partial charge in [-0.15, -0.1) is 0 Å². The minimum Gasteiger partial charge on any atom is -0.497 e. The Bertz CT molecular complexity index is 2340. The van der Waals surface area contributed by atoms with Gasteiger partial charge in [-0.05, 0) is 78.0 Å². The molecular formula is C46H52N4O7Si. The van der Waals surface area contributed by atoms with Crippen molar-refractivity contribution in [3.63, 3.8) is 0 Å². The second-order valence-electron chi connectivity index (χ2n) is 16.5. The molecule has 0 bridgehead atoms. The summed E-state index contributed by atoms with van der Waals surface area (Å²) in [6, 6.07) is 29.1. The molecule has 0 radical (unpaired) electrons. The van der Waals surface area contributed by atoms with E-state index >= 15 is 4.79 Å². The Balaban J connectivity index is 1.12. The first-order chi connectivity index (χ1) is 28.0. The zero-order valence-electron chi connectivity index (χ0n) is 33.8. The van der Waals surface area contributed by atoms with E-state index in [0.29, 0.717) is 18.0 Å². The van der Waals surface area contributed by atoms with Crippen LogP contribution in [0.5, 0.6) is 11.5 Å². The van der Waals surface area contributed by atoms with Gasteiger partial charge < -0.3 is 39.4 Å². The molecule has 8 rings (SSSR count). The van der Waals surface area contributed by atoms with Crippen LogP contribution in [-0.4, -0.2) is 80.3 Å². The standard InChI is InChI=1S/C46H52N4O7Si/c1-29-44(58(4,5)36-18-15-34(55-2)16-19-36)41(25-43(53)49-21-9-12-33(49)28-51)57-46(29)38-24-35(56-3)17-20-40(38)50(45(46)54)27-30-10-8-11-32(22-30)48-42(52)23-31-26-47-39-14-7-6-13-37(31)39/h6-8,10-11,13-20,22,24,26,29,33,41,44,47,51H,9,12,21,23,25,27-28H2,1-5H3,(H,48,52)/t29-,33+,41+,44-,46+/m1/s1. The predicted molar refractivity (Wildman–Crippen MR) is 227 cm³/mol. The van der Waals surface area contributed by atoms with Crippen molar-refractivity contribution in [2.75, 3.05) is 37.6 Å². The van der Waals surface area contributed by atoms with E-state index in [9.17, 15) is 14.7 Å². The number of aliphatic hydroxyl groups excluding tert-OH is 1. The summed E-state index contributed by atoms with van der Waals surface area (Å²) in [5, 5.41) is 15.4. The van der Waals surface area contributed by atoms with Gasteiger partial charge in [0.05, 0.1) is 66.1 Å². The number of carbonyl (C=O) groups is 3. The lowest BCUT2D eigenvalue weighted by atomic mass is 9.82. The number of fused-ring (bicyclic) bond motifs is 3. The van der Waals surface area contributed by atoms with Crippen LogP contribution < -0.4 is 24.9 Å². The number of hydrogen-bond acceptors (Lipinski definition) is 7. The number of likely N-dealkylation sites (tertiary alicyclic amines) is 1. The van der Waals surface area contributed by atoms with Crippen LogP contribution in [0.1, 0.15) is 42.9 Å². The highest BCUT2D eigenvalue weighted by atomic mass is 28.3. The molecular weight excluding hydrogens is 749 g/mol. The first-order valence-electron chi connectivity index (χ1n) is 20.2. The topological polar surface area (TPSA) is 133 Å². The summed E-state index contributed by atoms with van der Waals surface area (Å²) in [6.07, 6.45) is 3.23. The molecule has 2 fully saturated rings. The Morgan fingerprint density at radius 2 is 1.74 bits per heavy atom. The molecule has 5 atom stereocenters. The number of para-hydroxylation sites is 1. The van der Waals surface area contributed by atoms with Crippen molar-refractivity contribution < 1.29 is 33.7 Å². The van der Waals surface area contributed by atoms with Crippen LogP contribution in [0.2, 0.25) is 18.6 Å². The first-order valence-corrected chi connectivity index (χ1v) is 23.2. The van der Waals surface area contributed by atoms with E-state index in [2.05, 4.69) is 42.5 Å². The SMILES string of the molecule is COc1ccc([Si](C)(C)[C@H]2[C@H](CC(=O)N3CCC[C@H]3CO)O[C@@]3(C(=O)N(Cc4cccc(NC(=O)Cc5c[nH]c6ccccc56)c4)c4ccc(OC)cc43)[C@@H]2C)cc1. The fourth-order valence-corrected chi connectivity index (χ4v) is 14.0. The van der Waals surface area contributed by atoms with Crippen molar-refractivity contribution in [2.45, 2.75) is 75.5 Å². The van der Waals surface area contributed by atoms with Gasteiger partial charge in [0.1, 0.15) is 11.5 Å². The van der Waals surface area contributed by atoms with Gasteiger partial charge in [-0.3, -0.25) is 14.4 Å². The van der Waals surface area contributed by atoms with E-state index in [1.165, 1.54) is 5.19 Å². The molecule has 3 aliphatic rings. The summed E-state index contributed by atoms with van der Waals surface area (Å²) in [4.78, 5) is 49.6. The van der Waals surface area contributed by atoms with Crippen LogP contribution in [0.3, 0.4) is 0 Å². The number of amides is 3. The lowest BCUT2D eigenvalue weighted by Crippen LogP contribution is -2.52. The minimum absolute atomic E-state index is 0.0629. The van der Waals surface area contributed by atoms with Gasteiger partial charge in [0.2, 0.25) is 11.8 Å². The molecule has 1 spiro atoms. The molecule has 4 aromatic carbocycles. The Hall–Kier alpha value is -5.43. The number of nitrogens with one attached hydrogen (secondary N) is 2. The number of methoxy groups -OCH3 is 2. The highest BCUT2D eigenvalue weighted by Crippen LogP contribution is 2.60. The van der Waals surface area contributed by atoms with Gasteiger partial charge in [0, 0.05) is 40.8 Å². The van der Waals surface area contributed by atoms with Crippen molar-refractivity contribution in [3.05, 3.63) is 114 Å². The van der Waals surface area contributed by atoms with Gasteiger partial charge >= 0.3 is 0 Å². The number of rotatable bonds is 12. The molecule has 12 heteroatoms. The molecule has 0 unspecified atom stereocenters. The van der Waals surface area contributed by atoms with Crippen molar-refractivity contribution in [1.29, 1.82) is 0 Å². The molecule has 2 saturated heterocycles. The number of H-pyrrole nitrogens is 1. The van der Waals surface area contributed by atoms with Gasteiger partial charge in [0.25, 0.3) is 5.91 Å². The summed E-state index contributed by atoms with van der Waals surface area (Å²) in [6.45, 7) is 7.45. The van der Waals surface area contributed by atoms with E-state index in [0.717, 1.165) is 51.9 Å². The maximum Gasteiger partial charge on any atom is 0.264 e. The van der Waals surface area contributed by atoms with Crippen LogP contribution in [0.4, 0.5) is 11.4 Å². The Labute approximate surface area is 340 Å². The number of ether oxygens (including phenoxy) is 3. The average Bonchev–Trinajstić information content (AvgIpc) is 3.99. The molecule has 4 heterocycles. The van der Waals surface area contributed by atoms with Crippen LogP contribution in [0.15, 0.2) is 97.2 Å². The van der Waals surface area contributed by atoms with Crippen molar-refractivity contribution in [2.24, 2.45) is 5.92 Å². The highest BCUT2D eigenvalue weighted by Gasteiger charge is 2.66. The number of carbonyl (C=O) groups excluding carboxylic acids is 3. The summed E-state index contributed by atoms with van der Waals surface area (Å²) < 4.78 is 18.5. The largest absolute Gasteiger partial charge is 0.497 e. The van der Waals surface area contributed by atoms with Crippen LogP contribution in [0.25, 0.3) is 10.9 Å². The van der Waals surface area contributed by atoms with Crippen LogP contribution in [0, 0.1) is 5.92 Å².